The molecule has 2 fully saturated rings. The van der Waals surface area contributed by atoms with Crippen LogP contribution in [0.15, 0.2) is 24.3 Å². The van der Waals surface area contributed by atoms with E-state index in [1.165, 1.54) is 24.8 Å². The van der Waals surface area contributed by atoms with Crippen molar-refractivity contribution in [3.05, 3.63) is 29.8 Å². The van der Waals surface area contributed by atoms with Crippen molar-refractivity contribution in [2.45, 2.75) is 37.1 Å². The molecule has 3 rings (SSSR count). The summed E-state index contributed by atoms with van der Waals surface area (Å²) >= 11 is 0. The highest BCUT2D eigenvalue weighted by atomic mass is 16.5. The van der Waals surface area contributed by atoms with Gasteiger partial charge in [0, 0.05) is 24.6 Å². The van der Waals surface area contributed by atoms with Gasteiger partial charge < -0.3 is 14.8 Å². The van der Waals surface area contributed by atoms with Gasteiger partial charge in [-0.25, -0.2) is 0 Å². The largest absolute Gasteiger partial charge is 0.497 e. The van der Waals surface area contributed by atoms with Crippen molar-refractivity contribution in [2.24, 2.45) is 0 Å². The highest BCUT2D eigenvalue weighted by Gasteiger charge is 2.38. The third kappa shape index (κ3) is 2.63. The van der Waals surface area contributed by atoms with Crippen LogP contribution in [0.4, 0.5) is 0 Å². The van der Waals surface area contributed by atoms with E-state index in [4.69, 9.17) is 9.47 Å². The first-order valence-electron chi connectivity index (χ1n) is 7.28. The van der Waals surface area contributed by atoms with E-state index in [1.54, 1.807) is 7.11 Å². The minimum atomic E-state index is 0.342. The molecule has 1 saturated carbocycles. The van der Waals surface area contributed by atoms with Crippen molar-refractivity contribution < 1.29 is 9.47 Å². The molecule has 0 amide bonds. The first kappa shape index (κ1) is 12.9. The molecule has 1 aliphatic heterocycles. The Morgan fingerprint density at radius 2 is 2.11 bits per heavy atom. The summed E-state index contributed by atoms with van der Waals surface area (Å²) in [5.41, 5.74) is 1.79. The fraction of sp³-hybridized carbons (Fsp3) is 0.625. The zero-order chi connectivity index (χ0) is 13.1. The summed E-state index contributed by atoms with van der Waals surface area (Å²) < 4.78 is 10.7. The Kier molecular flexibility index (Phi) is 3.76. The molecular weight excluding hydrogens is 238 g/mol. The Balaban J connectivity index is 1.66. The van der Waals surface area contributed by atoms with Crippen molar-refractivity contribution in [3.63, 3.8) is 0 Å². The summed E-state index contributed by atoms with van der Waals surface area (Å²) in [5, 5.41) is 3.70. The second kappa shape index (κ2) is 5.51. The summed E-state index contributed by atoms with van der Waals surface area (Å²) in [4.78, 5) is 0. The smallest absolute Gasteiger partial charge is 0.118 e. The van der Waals surface area contributed by atoms with Gasteiger partial charge in [0.05, 0.1) is 13.7 Å². The molecule has 2 aliphatic rings. The van der Waals surface area contributed by atoms with E-state index < -0.39 is 0 Å². The molecule has 0 unspecified atom stereocenters. The molecule has 1 aromatic rings. The normalized spacial score (nSPS) is 25.0. The van der Waals surface area contributed by atoms with Crippen LogP contribution in [0.2, 0.25) is 0 Å². The van der Waals surface area contributed by atoms with Crippen LogP contribution in [-0.4, -0.2) is 32.9 Å². The molecule has 3 heteroatoms. The van der Waals surface area contributed by atoms with Gasteiger partial charge in [-0.15, -0.1) is 0 Å². The van der Waals surface area contributed by atoms with E-state index in [0.717, 1.165) is 31.9 Å². The summed E-state index contributed by atoms with van der Waals surface area (Å²) in [7, 11) is 1.72. The molecule has 1 aliphatic carbocycles. The van der Waals surface area contributed by atoms with E-state index in [0.29, 0.717) is 11.5 Å². The second-order valence-electron chi connectivity index (χ2n) is 5.80. The van der Waals surface area contributed by atoms with Crippen LogP contribution in [0.25, 0.3) is 0 Å². The lowest BCUT2D eigenvalue weighted by Gasteiger charge is -2.43. The highest BCUT2D eigenvalue weighted by Crippen LogP contribution is 2.43. The maximum Gasteiger partial charge on any atom is 0.118 e. The van der Waals surface area contributed by atoms with Crippen LogP contribution in [0.1, 0.15) is 31.2 Å². The van der Waals surface area contributed by atoms with Crippen LogP contribution in [0.3, 0.4) is 0 Å². The van der Waals surface area contributed by atoms with Crippen LogP contribution in [0, 0.1) is 0 Å². The lowest BCUT2D eigenvalue weighted by Crippen LogP contribution is -2.47. The van der Waals surface area contributed by atoms with Gasteiger partial charge in [0.1, 0.15) is 5.75 Å². The molecule has 104 valence electrons. The van der Waals surface area contributed by atoms with Gasteiger partial charge in [-0.2, -0.15) is 0 Å². The fourth-order valence-electron chi connectivity index (χ4n) is 3.15. The number of methoxy groups -OCH3 is 1. The monoisotopic (exact) mass is 261 g/mol. The molecule has 1 saturated heterocycles. The Hall–Kier alpha value is -1.06. The van der Waals surface area contributed by atoms with Gasteiger partial charge in [0.2, 0.25) is 0 Å². The van der Waals surface area contributed by atoms with Crippen molar-refractivity contribution in [1.82, 2.24) is 5.32 Å². The maximum atomic E-state index is 5.43. The average Bonchev–Trinajstić information content (AvgIpc) is 2.91. The van der Waals surface area contributed by atoms with Gasteiger partial charge in [-0.05, 0) is 37.0 Å². The van der Waals surface area contributed by atoms with E-state index in [-0.39, 0.29) is 0 Å². The lowest BCUT2D eigenvalue weighted by molar-refractivity contribution is 0.181. The Bertz CT molecular complexity index is 405. The molecule has 0 spiro atoms. The van der Waals surface area contributed by atoms with Gasteiger partial charge in [-0.1, -0.05) is 18.6 Å². The fourth-order valence-corrected chi connectivity index (χ4v) is 3.15. The van der Waals surface area contributed by atoms with Gasteiger partial charge in [-0.3, -0.25) is 0 Å². The number of hydrogen-bond acceptors (Lipinski definition) is 3. The van der Waals surface area contributed by atoms with Crippen molar-refractivity contribution in [2.75, 3.05) is 26.9 Å². The second-order valence-corrected chi connectivity index (χ2v) is 5.80. The van der Waals surface area contributed by atoms with Gasteiger partial charge in [0.25, 0.3) is 0 Å². The molecule has 1 aromatic carbocycles. The third-order valence-electron chi connectivity index (χ3n) is 4.67. The molecular formula is C16H23NO2. The summed E-state index contributed by atoms with van der Waals surface area (Å²) in [6.45, 7) is 2.86. The molecule has 3 nitrogen and oxygen atoms in total. The average molecular weight is 261 g/mol. The van der Waals surface area contributed by atoms with Crippen LogP contribution in [0.5, 0.6) is 5.75 Å². The van der Waals surface area contributed by atoms with Crippen LogP contribution in [-0.2, 0) is 10.2 Å². The summed E-state index contributed by atoms with van der Waals surface area (Å²) in [5.74, 6) is 0.940. The molecule has 0 aromatic heterocycles. The standard InChI is InChI=1S/C16H23NO2/c1-18-15-5-3-13(4-6-15)16(8-2-9-16)12-17-14-7-10-19-11-14/h3-6,14,17H,2,7-12H2,1H3/t14-/m0/s1. The van der Waals surface area contributed by atoms with Crippen molar-refractivity contribution in [1.29, 1.82) is 0 Å². The highest BCUT2D eigenvalue weighted by molar-refractivity contribution is 5.34. The van der Waals surface area contributed by atoms with Gasteiger partial charge >= 0.3 is 0 Å². The van der Waals surface area contributed by atoms with Crippen LogP contribution >= 0.6 is 0 Å². The van der Waals surface area contributed by atoms with Crippen molar-refractivity contribution >= 4 is 0 Å². The first-order valence-corrected chi connectivity index (χ1v) is 7.28. The van der Waals surface area contributed by atoms with E-state index in [9.17, 15) is 0 Å². The number of benzene rings is 1. The number of rotatable bonds is 5. The van der Waals surface area contributed by atoms with E-state index in [2.05, 4.69) is 29.6 Å². The van der Waals surface area contributed by atoms with E-state index in [1.807, 2.05) is 0 Å². The predicted molar refractivity (Wildman–Crippen MR) is 75.7 cm³/mol. The zero-order valence-corrected chi connectivity index (χ0v) is 11.7. The molecule has 19 heavy (non-hydrogen) atoms. The number of ether oxygens (including phenoxy) is 2. The third-order valence-corrected chi connectivity index (χ3v) is 4.67. The molecule has 0 bridgehead atoms. The minimum absolute atomic E-state index is 0.342. The molecule has 0 radical (unpaired) electrons. The van der Waals surface area contributed by atoms with Gasteiger partial charge in [0.15, 0.2) is 0 Å². The maximum absolute atomic E-state index is 5.43. The topological polar surface area (TPSA) is 30.5 Å². The number of nitrogens with one attached hydrogen (secondary N) is 1. The first-order chi connectivity index (χ1) is 9.32. The molecule has 1 atom stereocenters. The number of hydrogen-bond donors (Lipinski definition) is 1. The molecule has 1 heterocycles. The van der Waals surface area contributed by atoms with Crippen LogP contribution < -0.4 is 10.1 Å². The summed E-state index contributed by atoms with van der Waals surface area (Å²) in [6.07, 6.45) is 5.08. The Morgan fingerprint density at radius 3 is 2.63 bits per heavy atom. The Labute approximate surface area is 115 Å². The summed E-state index contributed by atoms with van der Waals surface area (Å²) in [6, 6.07) is 9.16. The Morgan fingerprint density at radius 1 is 1.32 bits per heavy atom. The quantitative estimate of drug-likeness (QED) is 0.883. The zero-order valence-electron chi connectivity index (χ0n) is 11.7. The minimum Gasteiger partial charge on any atom is -0.497 e. The van der Waals surface area contributed by atoms with E-state index >= 15 is 0 Å². The van der Waals surface area contributed by atoms with Crippen molar-refractivity contribution in [3.8, 4) is 5.75 Å². The molecule has 1 N–H and O–H groups in total. The SMILES string of the molecule is COc1ccc(C2(CN[C@H]3CCOC3)CCC2)cc1. The predicted octanol–water partition coefficient (Wildman–Crippen LogP) is 2.50. The lowest BCUT2D eigenvalue weighted by atomic mass is 9.64.